The van der Waals surface area contributed by atoms with Crippen LogP contribution in [0.1, 0.15) is 30.7 Å². The van der Waals surface area contributed by atoms with Crippen LogP contribution in [0, 0.1) is 17.8 Å². The van der Waals surface area contributed by atoms with Crippen LogP contribution in [0.2, 0.25) is 0 Å². The molecule has 2 saturated carbocycles. The van der Waals surface area contributed by atoms with Gasteiger partial charge in [0.25, 0.3) is 0 Å². The minimum atomic E-state index is -0.103. The Bertz CT molecular complexity index is 991. The fourth-order valence-electron chi connectivity index (χ4n) is 5.04. The van der Waals surface area contributed by atoms with E-state index < -0.39 is 0 Å². The van der Waals surface area contributed by atoms with Gasteiger partial charge in [0.1, 0.15) is 6.61 Å². The largest absolute Gasteiger partial charge is 0.461 e. The molecule has 0 unspecified atom stereocenters. The van der Waals surface area contributed by atoms with E-state index in [0.29, 0.717) is 25.0 Å². The van der Waals surface area contributed by atoms with Crippen LogP contribution < -0.4 is 5.32 Å². The number of benzene rings is 2. The predicted molar refractivity (Wildman–Crippen MR) is 110 cm³/mol. The van der Waals surface area contributed by atoms with Gasteiger partial charge in [-0.25, -0.2) is 0 Å². The highest BCUT2D eigenvalue weighted by Gasteiger charge is 2.51. The van der Waals surface area contributed by atoms with Crippen molar-refractivity contribution >= 4 is 5.97 Å². The third kappa shape index (κ3) is 3.73. The van der Waals surface area contributed by atoms with Crippen molar-refractivity contribution in [3.63, 3.8) is 0 Å². The van der Waals surface area contributed by atoms with E-state index in [0.717, 1.165) is 36.3 Å². The Balaban J connectivity index is 1.26. The molecule has 4 atom stereocenters. The lowest BCUT2D eigenvalue weighted by molar-refractivity contribution is -0.152. The first-order chi connectivity index (χ1) is 14.8. The summed E-state index contributed by atoms with van der Waals surface area (Å²) in [5.41, 5.74) is 1.94. The fourth-order valence-corrected chi connectivity index (χ4v) is 5.04. The Morgan fingerprint density at radius 1 is 1.03 bits per heavy atom. The lowest BCUT2D eigenvalue weighted by Gasteiger charge is -2.30. The molecule has 7 nitrogen and oxygen atoms in total. The molecule has 7 heteroatoms. The van der Waals surface area contributed by atoms with Gasteiger partial charge in [-0.3, -0.25) is 4.79 Å². The van der Waals surface area contributed by atoms with Gasteiger partial charge < -0.3 is 10.1 Å². The van der Waals surface area contributed by atoms with Crippen molar-refractivity contribution in [3.8, 4) is 5.69 Å². The quantitative estimate of drug-likeness (QED) is 0.611. The zero-order valence-electron chi connectivity index (χ0n) is 16.7. The number of rotatable bonds is 7. The molecule has 30 heavy (non-hydrogen) atoms. The number of tetrazole rings is 1. The molecule has 0 aliphatic heterocycles. The van der Waals surface area contributed by atoms with E-state index in [2.05, 4.69) is 20.8 Å². The number of fused-ring (bicyclic) bond motifs is 2. The second kappa shape index (κ2) is 8.36. The first-order valence-electron chi connectivity index (χ1n) is 10.6. The number of aromatic nitrogens is 4. The zero-order valence-corrected chi connectivity index (χ0v) is 16.7. The van der Waals surface area contributed by atoms with Gasteiger partial charge in [0, 0.05) is 6.04 Å². The van der Waals surface area contributed by atoms with Crippen LogP contribution in [0.15, 0.2) is 60.7 Å². The second-order valence-electron chi connectivity index (χ2n) is 8.20. The van der Waals surface area contributed by atoms with Gasteiger partial charge >= 0.3 is 5.97 Å². The van der Waals surface area contributed by atoms with Crippen LogP contribution >= 0.6 is 0 Å². The zero-order chi connectivity index (χ0) is 20.3. The van der Waals surface area contributed by atoms with Crippen molar-refractivity contribution in [1.82, 2.24) is 25.5 Å². The Labute approximate surface area is 175 Å². The van der Waals surface area contributed by atoms with Crippen molar-refractivity contribution in [2.45, 2.75) is 38.5 Å². The van der Waals surface area contributed by atoms with E-state index in [-0.39, 0.29) is 17.9 Å². The Kier molecular flexibility index (Phi) is 5.27. The van der Waals surface area contributed by atoms with Gasteiger partial charge in [-0.1, -0.05) is 48.5 Å². The molecule has 0 radical (unpaired) electrons. The minimum Gasteiger partial charge on any atom is -0.461 e. The third-order valence-electron chi connectivity index (χ3n) is 6.44. The highest BCUT2D eigenvalue weighted by molar-refractivity contribution is 5.74. The first-order valence-corrected chi connectivity index (χ1v) is 10.6. The lowest BCUT2D eigenvalue weighted by Crippen LogP contribution is -2.44. The van der Waals surface area contributed by atoms with Crippen LogP contribution in [0.4, 0.5) is 0 Å². The summed E-state index contributed by atoms with van der Waals surface area (Å²) in [6.45, 7) is 0.838. The van der Waals surface area contributed by atoms with Crippen molar-refractivity contribution in [2.24, 2.45) is 17.8 Å². The van der Waals surface area contributed by atoms with E-state index in [4.69, 9.17) is 4.74 Å². The normalized spacial score (nSPS) is 24.8. The summed E-state index contributed by atoms with van der Waals surface area (Å²) in [5.74, 6) is 1.45. The second-order valence-corrected chi connectivity index (χ2v) is 8.20. The van der Waals surface area contributed by atoms with E-state index >= 15 is 0 Å². The maximum atomic E-state index is 13.0. The SMILES string of the molecule is O=C(OCc1ccccc1)[C@H]1[C@H]2CC[C@@H](C2)[C@@H]1NCc1nnnn1-c1ccccc1. The smallest absolute Gasteiger partial charge is 0.311 e. The number of para-hydroxylation sites is 1. The maximum absolute atomic E-state index is 13.0. The average Bonchev–Trinajstić information content (AvgIpc) is 3.53. The number of carbonyl (C=O) groups excluding carboxylic acids is 1. The topological polar surface area (TPSA) is 81.9 Å². The Hall–Kier alpha value is -3.06. The number of hydrogen-bond acceptors (Lipinski definition) is 6. The Morgan fingerprint density at radius 3 is 2.57 bits per heavy atom. The number of hydrogen-bond donors (Lipinski definition) is 1. The molecule has 154 valence electrons. The van der Waals surface area contributed by atoms with Crippen LogP contribution in [0.5, 0.6) is 0 Å². The van der Waals surface area contributed by atoms with Gasteiger partial charge in [-0.05, 0) is 59.2 Å². The molecule has 1 heterocycles. The summed E-state index contributed by atoms with van der Waals surface area (Å²) in [6.07, 6.45) is 3.36. The van der Waals surface area contributed by atoms with Crippen LogP contribution in [-0.2, 0) is 22.7 Å². The molecule has 5 rings (SSSR count). The number of ether oxygens (including phenoxy) is 1. The minimum absolute atomic E-state index is 0.0915. The van der Waals surface area contributed by atoms with Gasteiger partial charge in [0.15, 0.2) is 5.82 Å². The number of nitrogens with zero attached hydrogens (tertiary/aromatic N) is 4. The number of nitrogens with one attached hydrogen (secondary N) is 1. The third-order valence-corrected chi connectivity index (χ3v) is 6.44. The van der Waals surface area contributed by atoms with Crippen LogP contribution in [0.25, 0.3) is 5.69 Å². The maximum Gasteiger partial charge on any atom is 0.311 e. The van der Waals surface area contributed by atoms with Crippen LogP contribution in [-0.4, -0.2) is 32.2 Å². The van der Waals surface area contributed by atoms with Gasteiger partial charge in [0.05, 0.1) is 18.2 Å². The van der Waals surface area contributed by atoms with Crippen molar-refractivity contribution in [1.29, 1.82) is 0 Å². The molecule has 1 aromatic heterocycles. The standard InChI is InChI=1S/C23H25N5O2/c29-23(30-15-16-7-3-1-4-8-16)21-17-11-12-18(13-17)22(21)24-14-20-25-26-27-28(20)19-9-5-2-6-10-19/h1-10,17-18,21-22,24H,11-15H2/t17-,18-,21-,22-/m0/s1. The summed E-state index contributed by atoms with van der Waals surface area (Å²) < 4.78 is 7.44. The van der Waals surface area contributed by atoms with E-state index in [1.165, 1.54) is 0 Å². The highest BCUT2D eigenvalue weighted by atomic mass is 16.5. The number of carbonyl (C=O) groups is 1. The van der Waals surface area contributed by atoms with Gasteiger partial charge in [-0.15, -0.1) is 5.10 Å². The highest BCUT2D eigenvalue weighted by Crippen LogP contribution is 2.49. The summed E-state index contributed by atoms with van der Waals surface area (Å²) in [6, 6.07) is 19.8. The number of esters is 1. The molecule has 0 saturated heterocycles. The molecule has 2 aliphatic carbocycles. The molecule has 3 aromatic rings. The van der Waals surface area contributed by atoms with Crippen LogP contribution in [0.3, 0.4) is 0 Å². The van der Waals surface area contributed by atoms with Crippen molar-refractivity contribution < 1.29 is 9.53 Å². The molecular weight excluding hydrogens is 378 g/mol. The molecule has 0 spiro atoms. The van der Waals surface area contributed by atoms with Crippen molar-refractivity contribution in [2.75, 3.05) is 0 Å². The summed E-state index contributed by atoms with van der Waals surface area (Å²) in [7, 11) is 0. The molecule has 2 aromatic carbocycles. The van der Waals surface area contributed by atoms with E-state index in [1.54, 1.807) is 4.68 Å². The molecule has 0 amide bonds. The van der Waals surface area contributed by atoms with Gasteiger partial charge in [-0.2, -0.15) is 4.68 Å². The van der Waals surface area contributed by atoms with E-state index in [1.807, 2.05) is 60.7 Å². The van der Waals surface area contributed by atoms with Crippen molar-refractivity contribution in [3.05, 3.63) is 72.1 Å². The fraction of sp³-hybridized carbons (Fsp3) is 0.391. The summed E-state index contributed by atoms with van der Waals surface area (Å²) >= 11 is 0. The monoisotopic (exact) mass is 403 g/mol. The van der Waals surface area contributed by atoms with E-state index in [9.17, 15) is 4.79 Å². The summed E-state index contributed by atoms with van der Waals surface area (Å²) in [5, 5.41) is 15.7. The molecule has 1 N–H and O–H groups in total. The van der Waals surface area contributed by atoms with Gasteiger partial charge in [0.2, 0.25) is 0 Å². The average molecular weight is 403 g/mol. The molecular formula is C23H25N5O2. The lowest BCUT2D eigenvalue weighted by atomic mass is 9.84. The first kappa shape index (κ1) is 18.9. The Morgan fingerprint density at radius 2 is 1.77 bits per heavy atom. The molecule has 2 aliphatic rings. The summed E-state index contributed by atoms with van der Waals surface area (Å²) in [4.78, 5) is 13.0. The molecule has 2 bridgehead atoms. The molecule has 2 fully saturated rings. The predicted octanol–water partition coefficient (Wildman–Crippen LogP) is 2.91.